The lowest BCUT2D eigenvalue weighted by Crippen LogP contribution is -2.53. The van der Waals surface area contributed by atoms with Crippen LogP contribution < -0.4 is 10.2 Å². The standard InChI is InChI=1S/C14H20N2O2/c1-10-5-4-6-11(2)14(10)16-12(7-15-3)8-18-9-13(16)17/h4-6,12,15H,7-9H2,1-3H3. The number of anilines is 1. The van der Waals surface area contributed by atoms with Crippen molar-refractivity contribution in [3.8, 4) is 0 Å². The van der Waals surface area contributed by atoms with E-state index in [9.17, 15) is 4.79 Å². The smallest absolute Gasteiger partial charge is 0.253 e. The first-order chi connectivity index (χ1) is 8.65. The van der Waals surface area contributed by atoms with E-state index in [1.165, 1.54) is 0 Å². The van der Waals surface area contributed by atoms with E-state index in [0.717, 1.165) is 23.4 Å². The molecule has 1 atom stereocenters. The van der Waals surface area contributed by atoms with Crippen LogP contribution in [0.15, 0.2) is 18.2 Å². The first-order valence-electron chi connectivity index (χ1n) is 6.25. The third kappa shape index (κ3) is 2.40. The number of rotatable bonds is 3. The maximum atomic E-state index is 12.2. The fraction of sp³-hybridized carbons (Fsp3) is 0.500. The van der Waals surface area contributed by atoms with E-state index in [4.69, 9.17) is 4.74 Å². The molecule has 0 saturated carbocycles. The number of likely N-dealkylation sites (N-methyl/N-ethyl adjacent to an activating group) is 1. The molecule has 0 radical (unpaired) electrons. The summed E-state index contributed by atoms with van der Waals surface area (Å²) in [4.78, 5) is 14.1. The zero-order valence-electron chi connectivity index (χ0n) is 11.2. The number of hydrogen-bond acceptors (Lipinski definition) is 3. The Morgan fingerprint density at radius 2 is 2.06 bits per heavy atom. The second kappa shape index (κ2) is 5.50. The molecule has 4 heteroatoms. The van der Waals surface area contributed by atoms with E-state index < -0.39 is 0 Å². The van der Waals surface area contributed by atoms with Crippen LogP contribution in [-0.4, -0.2) is 38.8 Å². The van der Waals surface area contributed by atoms with Gasteiger partial charge in [0.2, 0.25) is 0 Å². The predicted molar refractivity (Wildman–Crippen MR) is 71.9 cm³/mol. The van der Waals surface area contributed by atoms with Crippen LogP contribution in [-0.2, 0) is 9.53 Å². The van der Waals surface area contributed by atoms with Gasteiger partial charge in [0.15, 0.2) is 0 Å². The Hall–Kier alpha value is -1.39. The van der Waals surface area contributed by atoms with E-state index >= 15 is 0 Å². The number of nitrogens with zero attached hydrogens (tertiary/aromatic N) is 1. The average Bonchev–Trinajstić information content (AvgIpc) is 2.32. The van der Waals surface area contributed by atoms with Gasteiger partial charge in [0, 0.05) is 12.2 Å². The van der Waals surface area contributed by atoms with E-state index in [1.54, 1.807) is 0 Å². The van der Waals surface area contributed by atoms with Crippen molar-refractivity contribution in [3.63, 3.8) is 0 Å². The monoisotopic (exact) mass is 248 g/mol. The molecule has 0 aromatic heterocycles. The Morgan fingerprint density at radius 3 is 2.67 bits per heavy atom. The third-order valence-electron chi connectivity index (χ3n) is 3.29. The molecule has 1 unspecified atom stereocenters. The summed E-state index contributed by atoms with van der Waals surface area (Å²) in [5.74, 6) is 0.0406. The molecular formula is C14H20N2O2. The van der Waals surface area contributed by atoms with Crippen LogP contribution in [0.3, 0.4) is 0 Å². The number of benzene rings is 1. The molecule has 1 saturated heterocycles. The van der Waals surface area contributed by atoms with Crippen molar-refractivity contribution in [2.24, 2.45) is 0 Å². The number of carbonyl (C=O) groups excluding carboxylic acids is 1. The van der Waals surface area contributed by atoms with E-state index in [2.05, 4.69) is 5.32 Å². The van der Waals surface area contributed by atoms with Gasteiger partial charge in [0.05, 0.1) is 12.6 Å². The molecule has 1 aromatic rings. The number of carbonyl (C=O) groups is 1. The minimum Gasteiger partial charge on any atom is -0.369 e. The van der Waals surface area contributed by atoms with Crippen molar-refractivity contribution in [2.75, 3.05) is 31.7 Å². The summed E-state index contributed by atoms with van der Waals surface area (Å²) in [7, 11) is 1.89. The first kappa shape index (κ1) is 13.1. The quantitative estimate of drug-likeness (QED) is 0.875. The molecule has 1 aromatic carbocycles. The highest BCUT2D eigenvalue weighted by Gasteiger charge is 2.31. The minimum absolute atomic E-state index is 0.0406. The number of aryl methyl sites for hydroxylation is 2. The molecule has 98 valence electrons. The minimum atomic E-state index is 0.0406. The molecular weight excluding hydrogens is 228 g/mol. The van der Waals surface area contributed by atoms with Gasteiger partial charge in [-0.1, -0.05) is 18.2 Å². The SMILES string of the molecule is CNCC1COCC(=O)N1c1c(C)cccc1C. The summed E-state index contributed by atoms with van der Waals surface area (Å²) in [6.07, 6.45) is 0. The van der Waals surface area contributed by atoms with Crippen molar-refractivity contribution in [1.29, 1.82) is 0 Å². The molecule has 1 aliphatic rings. The number of hydrogen-bond donors (Lipinski definition) is 1. The molecule has 0 spiro atoms. The second-order valence-corrected chi connectivity index (χ2v) is 4.73. The molecule has 1 fully saturated rings. The summed E-state index contributed by atoms with van der Waals surface area (Å²) in [5, 5.41) is 3.12. The van der Waals surface area contributed by atoms with Crippen LogP contribution in [0.4, 0.5) is 5.69 Å². The molecule has 2 rings (SSSR count). The molecule has 18 heavy (non-hydrogen) atoms. The van der Waals surface area contributed by atoms with Crippen molar-refractivity contribution in [1.82, 2.24) is 5.32 Å². The highest BCUT2D eigenvalue weighted by atomic mass is 16.5. The summed E-state index contributed by atoms with van der Waals surface area (Å²) >= 11 is 0. The van der Waals surface area contributed by atoms with Crippen molar-refractivity contribution in [2.45, 2.75) is 19.9 Å². The van der Waals surface area contributed by atoms with Gasteiger partial charge >= 0.3 is 0 Å². The van der Waals surface area contributed by atoms with Crippen LogP contribution >= 0.6 is 0 Å². The number of morpholine rings is 1. The Balaban J connectivity index is 2.40. The van der Waals surface area contributed by atoms with Gasteiger partial charge in [-0.3, -0.25) is 4.79 Å². The molecule has 1 amide bonds. The predicted octanol–water partition coefficient (Wildman–Crippen LogP) is 1.25. The Morgan fingerprint density at radius 1 is 1.39 bits per heavy atom. The maximum absolute atomic E-state index is 12.2. The molecule has 0 aliphatic carbocycles. The normalized spacial score (nSPS) is 20.3. The lowest BCUT2D eigenvalue weighted by Gasteiger charge is -2.37. The summed E-state index contributed by atoms with van der Waals surface area (Å²) < 4.78 is 5.35. The molecule has 0 bridgehead atoms. The number of para-hydroxylation sites is 1. The molecule has 4 nitrogen and oxygen atoms in total. The fourth-order valence-corrected chi connectivity index (χ4v) is 2.51. The Kier molecular flexibility index (Phi) is 3.99. The number of nitrogens with one attached hydrogen (secondary N) is 1. The lowest BCUT2D eigenvalue weighted by molar-refractivity contribution is -0.127. The van der Waals surface area contributed by atoms with Gasteiger partial charge in [-0.15, -0.1) is 0 Å². The summed E-state index contributed by atoms with van der Waals surface area (Å²) in [6, 6.07) is 6.17. The topological polar surface area (TPSA) is 41.6 Å². The van der Waals surface area contributed by atoms with Crippen molar-refractivity contribution >= 4 is 11.6 Å². The van der Waals surface area contributed by atoms with Gasteiger partial charge in [-0.25, -0.2) is 0 Å². The Bertz CT molecular complexity index is 423. The highest BCUT2D eigenvalue weighted by molar-refractivity contribution is 5.97. The van der Waals surface area contributed by atoms with E-state index in [-0.39, 0.29) is 18.6 Å². The van der Waals surface area contributed by atoms with Crippen LogP contribution in [0.25, 0.3) is 0 Å². The van der Waals surface area contributed by atoms with Crippen LogP contribution in [0.5, 0.6) is 0 Å². The molecule has 1 N–H and O–H groups in total. The average molecular weight is 248 g/mol. The zero-order valence-corrected chi connectivity index (χ0v) is 11.2. The van der Waals surface area contributed by atoms with Crippen LogP contribution in [0.2, 0.25) is 0 Å². The first-order valence-corrected chi connectivity index (χ1v) is 6.25. The highest BCUT2D eigenvalue weighted by Crippen LogP contribution is 2.28. The van der Waals surface area contributed by atoms with Gasteiger partial charge in [0.1, 0.15) is 6.61 Å². The molecule has 1 aliphatic heterocycles. The van der Waals surface area contributed by atoms with Gasteiger partial charge < -0.3 is 15.0 Å². The fourth-order valence-electron chi connectivity index (χ4n) is 2.51. The summed E-state index contributed by atoms with van der Waals surface area (Å²) in [5.41, 5.74) is 3.30. The van der Waals surface area contributed by atoms with Crippen LogP contribution in [0, 0.1) is 13.8 Å². The third-order valence-corrected chi connectivity index (χ3v) is 3.29. The number of amides is 1. The van der Waals surface area contributed by atoms with Crippen LogP contribution in [0.1, 0.15) is 11.1 Å². The van der Waals surface area contributed by atoms with Crippen molar-refractivity contribution < 1.29 is 9.53 Å². The van der Waals surface area contributed by atoms with Gasteiger partial charge in [-0.05, 0) is 32.0 Å². The zero-order chi connectivity index (χ0) is 13.1. The van der Waals surface area contributed by atoms with E-state index in [1.807, 2.05) is 44.0 Å². The summed E-state index contributed by atoms with van der Waals surface area (Å²) in [6.45, 7) is 5.58. The lowest BCUT2D eigenvalue weighted by atomic mass is 10.0. The second-order valence-electron chi connectivity index (χ2n) is 4.73. The Labute approximate surface area is 108 Å². The largest absolute Gasteiger partial charge is 0.369 e. The van der Waals surface area contributed by atoms with Crippen molar-refractivity contribution in [3.05, 3.63) is 29.3 Å². The number of ether oxygens (including phenoxy) is 1. The van der Waals surface area contributed by atoms with Gasteiger partial charge in [0.25, 0.3) is 5.91 Å². The maximum Gasteiger partial charge on any atom is 0.253 e. The molecule has 1 heterocycles. The van der Waals surface area contributed by atoms with Gasteiger partial charge in [-0.2, -0.15) is 0 Å². The van der Waals surface area contributed by atoms with E-state index in [0.29, 0.717) is 6.61 Å².